The fourth-order valence-electron chi connectivity index (χ4n) is 1.98. The van der Waals surface area contributed by atoms with Gasteiger partial charge < -0.3 is 15.8 Å². The third-order valence-electron chi connectivity index (χ3n) is 3.08. The SMILES string of the molecule is CC(C)Oc1ccc(NC(N)=NCc2ccc([N+](=O)[O-])cc2)cc1. The summed E-state index contributed by atoms with van der Waals surface area (Å²) in [6.07, 6.45) is 0.122. The Hall–Kier alpha value is -3.09. The van der Waals surface area contributed by atoms with Crippen molar-refractivity contribution >= 4 is 17.3 Å². The molecule has 0 amide bonds. The van der Waals surface area contributed by atoms with Crippen LogP contribution in [0.3, 0.4) is 0 Å². The van der Waals surface area contributed by atoms with Gasteiger partial charge in [0.05, 0.1) is 17.6 Å². The Labute approximate surface area is 140 Å². The summed E-state index contributed by atoms with van der Waals surface area (Å²) >= 11 is 0. The Kier molecular flexibility index (Phi) is 5.73. The summed E-state index contributed by atoms with van der Waals surface area (Å²) in [6, 6.07) is 13.6. The van der Waals surface area contributed by atoms with Gasteiger partial charge in [0, 0.05) is 17.8 Å². The number of rotatable bonds is 6. The molecule has 0 saturated heterocycles. The van der Waals surface area contributed by atoms with E-state index in [1.165, 1.54) is 12.1 Å². The molecule has 0 fully saturated rings. The van der Waals surface area contributed by atoms with Gasteiger partial charge in [-0.05, 0) is 43.7 Å². The summed E-state index contributed by atoms with van der Waals surface area (Å²) < 4.78 is 5.57. The van der Waals surface area contributed by atoms with Crippen molar-refractivity contribution in [2.75, 3.05) is 5.32 Å². The minimum Gasteiger partial charge on any atom is -0.491 e. The van der Waals surface area contributed by atoms with Crippen LogP contribution in [0.4, 0.5) is 11.4 Å². The third kappa shape index (κ3) is 5.28. The lowest BCUT2D eigenvalue weighted by molar-refractivity contribution is -0.384. The van der Waals surface area contributed by atoms with E-state index in [0.717, 1.165) is 17.0 Å². The number of non-ortho nitro benzene ring substituents is 1. The predicted molar refractivity (Wildman–Crippen MR) is 94.3 cm³/mol. The molecule has 2 rings (SSSR count). The second-order valence-corrected chi connectivity index (χ2v) is 5.44. The van der Waals surface area contributed by atoms with Crippen molar-refractivity contribution in [1.82, 2.24) is 0 Å². The minimum absolute atomic E-state index is 0.0533. The highest BCUT2D eigenvalue weighted by Gasteiger charge is 2.04. The molecule has 126 valence electrons. The highest BCUT2D eigenvalue weighted by atomic mass is 16.6. The molecule has 0 spiro atoms. The van der Waals surface area contributed by atoms with Crippen molar-refractivity contribution < 1.29 is 9.66 Å². The summed E-state index contributed by atoms with van der Waals surface area (Å²) in [4.78, 5) is 14.4. The molecule has 7 heteroatoms. The van der Waals surface area contributed by atoms with Gasteiger partial charge in [0.15, 0.2) is 5.96 Å². The van der Waals surface area contributed by atoms with E-state index in [0.29, 0.717) is 6.54 Å². The number of nitro groups is 1. The lowest BCUT2D eigenvalue weighted by Gasteiger charge is -2.11. The minimum atomic E-state index is -0.435. The van der Waals surface area contributed by atoms with Gasteiger partial charge in [0.2, 0.25) is 0 Å². The van der Waals surface area contributed by atoms with Crippen LogP contribution in [0.25, 0.3) is 0 Å². The lowest BCUT2D eigenvalue weighted by atomic mass is 10.2. The molecule has 0 aliphatic carbocycles. The maximum atomic E-state index is 10.6. The standard InChI is InChI=1S/C17H20N4O3/c1-12(2)24-16-9-5-14(6-10-16)20-17(18)19-11-13-3-7-15(8-4-13)21(22)23/h3-10,12H,11H2,1-2H3,(H3,18,19,20). The largest absolute Gasteiger partial charge is 0.491 e. The van der Waals surface area contributed by atoms with Crippen LogP contribution in [-0.2, 0) is 6.54 Å². The molecule has 0 unspecified atom stereocenters. The number of anilines is 1. The molecule has 0 aliphatic rings. The second kappa shape index (κ2) is 7.96. The molecule has 0 atom stereocenters. The molecule has 3 N–H and O–H groups in total. The highest BCUT2D eigenvalue weighted by molar-refractivity contribution is 5.92. The van der Waals surface area contributed by atoms with Crippen molar-refractivity contribution in [1.29, 1.82) is 0 Å². The topological polar surface area (TPSA) is 103 Å². The molecule has 0 bridgehead atoms. The van der Waals surface area contributed by atoms with E-state index in [1.807, 2.05) is 38.1 Å². The van der Waals surface area contributed by atoms with Gasteiger partial charge in [-0.15, -0.1) is 0 Å². The van der Waals surface area contributed by atoms with E-state index in [-0.39, 0.29) is 17.8 Å². The van der Waals surface area contributed by atoms with E-state index in [2.05, 4.69) is 10.3 Å². The van der Waals surface area contributed by atoms with Gasteiger partial charge in [-0.3, -0.25) is 10.1 Å². The predicted octanol–water partition coefficient (Wildman–Crippen LogP) is 3.31. The average molecular weight is 328 g/mol. The van der Waals surface area contributed by atoms with Crippen LogP contribution in [0.2, 0.25) is 0 Å². The first-order valence-electron chi connectivity index (χ1n) is 7.51. The number of nitro benzene ring substituents is 1. The van der Waals surface area contributed by atoms with E-state index >= 15 is 0 Å². The maximum absolute atomic E-state index is 10.6. The molecular weight excluding hydrogens is 308 g/mol. The van der Waals surface area contributed by atoms with Gasteiger partial charge >= 0.3 is 0 Å². The number of nitrogens with one attached hydrogen (secondary N) is 1. The monoisotopic (exact) mass is 328 g/mol. The Morgan fingerprint density at radius 2 is 1.83 bits per heavy atom. The summed E-state index contributed by atoms with van der Waals surface area (Å²) in [5.74, 6) is 1.06. The first kappa shape index (κ1) is 17.3. The van der Waals surface area contributed by atoms with Crippen LogP contribution in [0, 0.1) is 10.1 Å². The van der Waals surface area contributed by atoms with Gasteiger partial charge in [0.25, 0.3) is 5.69 Å². The zero-order valence-electron chi connectivity index (χ0n) is 13.6. The highest BCUT2D eigenvalue weighted by Crippen LogP contribution is 2.17. The number of hydrogen-bond donors (Lipinski definition) is 2. The maximum Gasteiger partial charge on any atom is 0.269 e. The molecule has 7 nitrogen and oxygen atoms in total. The number of nitrogens with two attached hydrogens (primary N) is 1. The molecule has 2 aromatic carbocycles. The summed E-state index contributed by atoms with van der Waals surface area (Å²) in [5, 5.41) is 13.6. The van der Waals surface area contributed by atoms with Gasteiger partial charge in [0.1, 0.15) is 5.75 Å². The number of ether oxygens (including phenoxy) is 1. The average Bonchev–Trinajstić information content (AvgIpc) is 2.54. The Balaban J connectivity index is 1.92. The summed E-state index contributed by atoms with van der Waals surface area (Å²) in [6.45, 7) is 4.27. The van der Waals surface area contributed by atoms with Crippen LogP contribution in [-0.4, -0.2) is 17.0 Å². The van der Waals surface area contributed by atoms with Crippen molar-refractivity contribution in [3.63, 3.8) is 0 Å². The van der Waals surface area contributed by atoms with Crippen LogP contribution in [0.1, 0.15) is 19.4 Å². The molecule has 2 aromatic rings. The quantitative estimate of drug-likeness (QED) is 0.366. The van der Waals surface area contributed by atoms with Crippen molar-refractivity contribution in [2.24, 2.45) is 10.7 Å². The molecule has 0 aliphatic heterocycles. The number of guanidine groups is 1. The molecular formula is C17H20N4O3. The summed E-state index contributed by atoms with van der Waals surface area (Å²) in [7, 11) is 0. The van der Waals surface area contributed by atoms with Crippen LogP contribution >= 0.6 is 0 Å². The van der Waals surface area contributed by atoms with E-state index < -0.39 is 4.92 Å². The smallest absolute Gasteiger partial charge is 0.269 e. The molecule has 0 radical (unpaired) electrons. The van der Waals surface area contributed by atoms with Crippen molar-refractivity contribution in [3.05, 3.63) is 64.2 Å². The van der Waals surface area contributed by atoms with Gasteiger partial charge in [-0.2, -0.15) is 0 Å². The van der Waals surface area contributed by atoms with Crippen LogP contribution in [0.15, 0.2) is 53.5 Å². The fraction of sp³-hybridized carbons (Fsp3) is 0.235. The normalized spacial score (nSPS) is 11.4. The van der Waals surface area contributed by atoms with E-state index in [1.54, 1.807) is 12.1 Å². The summed E-state index contributed by atoms with van der Waals surface area (Å²) in [5.41, 5.74) is 7.54. The van der Waals surface area contributed by atoms with Gasteiger partial charge in [-0.1, -0.05) is 12.1 Å². The zero-order valence-corrected chi connectivity index (χ0v) is 13.6. The molecule has 0 saturated carbocycles. The number of nitrogens with zero attached hydrogens (tertiary/aromatic N) is 2. The molecule has 24 heavy (non-hydrogen) atoms. The van der Waals surface area contributed by atoms with Crippen LogP contribution < -0.4 is 15.8 Å². The Bertz CT molecular complexity index is 710. The van der Waals surface area contributed by atoms with Crippen molar-refractivity contribution in [2.45, 2.75) is 26.5 Å². The molecule has 0 aromatic heterocycles. The van der Waals surface area contributed by atoms with Crippen LogP contribution in [0.5, 0.6) is 5.75 Å². The first-order chi connectivity index (χ1) is 11.4. The van der Waals surface area contributed by atoms with E-state index in [9.17, 15) is 10.1 Å². The second-order valence-electron chi connectivity index (χ2n) is 5.44. The lowest BCUT2D eigenvalue weighted by Crippen LogP contribution is -2.22. The number of hydrogen-bond acceptors (Lipinski definition) is 4. The van der Waals surface area contributed by atoms with Gasteiger partial charge in [-0.25, -0.2) is 4.99 Å². The Morgan fingerprint density at radius 1 is 1.21 bits per heavy atom. The van der Waals surface area contributed by atoms with E-state index in [4.69, 9.17) is 10.5 Å². The third-order valence-corrected chi connectivity index (χ3v) is 3.08. The zero-order chi connectivity index (χ0) is 17.5. The number of benzene rings is 2. The fourth-order valence-corrected chi connectivity index (χ4v) is 1.98. The Morgan fingerprint density at radius 3 is 2.38 bits per heavy atom. The molecule has 0 heterocycles. The first-order valence-corrected chi connectivity index (χ1v) is 7.51. The van der Waals surface area contributed by atoms with Crippen molar-refractivity contribution in [3.8, 4) is 5.75 Å². The number of aliphatic imine (C=N–C) groups is 1.